The Kier molecular flexibility index (Phi) is 6.45. The van der Waals surface area contributed by atoms with E-state index in [1.807, 2.05) is 16.7 Å². The van der Waals surface area contributed by atoms with Crippen LogP contribution in [0.3, 0.4) is 0 Å². The normalized spacial score (nSPS) is 16.1. The van der Waals surface area contributed by atoms with Crippen molar-refractivity contribution in [1.82, 2.24) is 19.7 Å². The SMILES string of the molecule is CC(C)Cn1c(SCC(=O)N(C)C2(C#N)CCCCC2)nnc1-c1ccco1. The number of rotatable bonds is 7. The average Bonchev–Trinajstić information content (AvgIpc) is 3.35. The van der Waals surface area contributed by atoms with E-state index in [2.05, 4.69) is 30.1 Å². The lowest BCUT2D eigenvalue weighted by Crippen LogP contribution is -2.50. The van der Waals surface area contributed by atoms with Gasteiger partial charge in [-0.2, -0.15) is 5.26 Å². The third-order valence-corrected chi connectivity index (χ3v) is 6.19. The van der Waals surface area contributed by atoms with Crippen molar-refractivity contribution in [1.29, 1.82) is 5.26 Å². The lowest BCUT2D eigenvalue weighted by atomic mass is 9.81. The zero-order valence-electron chi connectivity index (χ0n) is 16.7. The molecule has 2 aromatic heterocycles. The van der Waals surface area contributed by atoms with Gasteiger partial charge in [0.25, 0.3) is 0 Å². The highest BCUT2D eigenvalue weighted by atomic mass is 32.2. The third kappa shape index (κ3) is 4.25. The summed E-state index contributed by atoms with van der Waals surface area (Å²) >= 11 is 1.36. The van der Waals surface area contributed by atoms with Crippen LogP contribution in [0.2, 0.25) is 0 Å². The molecule has 0 bridgehead atoms. The van der Waals surface area contributed by atoms with Crippen molar-refractivity contribution in [3.05, 3.63) is 18.4 Å². The summed E-state index contributed by atoms with van der Waals surface area (Å²) in [4.78, 5) is 14.5. The molecule has 0 radical (unpaired) electrons. The minimum atomic E-state index is -0.666. The van der Waals surface area contributed by atoms with Gasteiger partial charge in [-0.3, -0.25) is 9.36 Å². The van der Waals surface area contributed by atoms with Gasteiger partial charge in [-0.25, -0.2) is 0 Å². The van der Waals surface area contributed by atoms with Crippen molar-refractivity contribution < 1.29 is 9.21 Å². The van der Waals surface area contributed by atoms with E-state index >= 15 is 0 Å². The Morgan fingerprint density at radius 3 is 2.75 bits per heavy atom. The van der Waals surface area contributed by atoms with Crippen molar-refractivity contribution in [2.24, 2.45) is 5.92 Å². The molecule has 150 valence electrons. The lowest BCUT2D eigenvalue weighted by Gasteiger charge is -2.39. The molecular formula is C20H27N5O2S. The number of nitrogens with zero attached hydrogens (tertiary/aromatic N) is 5. The molecule has 0 N–H and O–H groups in total. The highest BCUT2D eigenvalue weighted by Gasteiger charge is 2.38. The Morgan fingerprint density at radius 2 is 2.14 bits per heavy atom. The smallest absolute Gasteiger partial charge is 0.234 e. The molecule has 1 aliphatic carbocycles. The maximum absolute atomic E-state index is 12.8. The number of aromatic nitrogens is 3. The van der Waals surface area contributed by atoms with Crippen molar-refractivity contribution >= 4 is 17.7 Å². The number of carbonyl (C=O) groups excluding carboxylic acids is 1. The van der Waals surface area contributed by atoms with Crippen molar-refractivity contribution in [3.8, 4) is 17.7 Å². The molecule has 0 aliphatic heterocycles. The van der Waals surface area contributed by atoms with E-state index < -0.39 is 5.54 Å². The number of furan rings is 1. The van der Waals surface area contributed by atoms with E-state index in [-0.39, 0.29) is 11.7 Å². The molecule has 0 aromatic carbocycles. The van der Waals surface area contributed by atoms with Crippen LogP contribution in [0.15, 0.2) is 28.0 Å². The van der Waals surface area contributed by atoms with Crippen LogP contribution in [-0.4, -0.2) is 43.9 Å². The van der Waals surface area contributed by atoms with Crippen molar-refractivity contribution in [3.63, 3.8) is 0 Å². The number of hydrogen-bond acceptors (Lipinski definition) is 6. The van der Waals surface area contributed by atoms with Crippen LogP contribution in [0.1, 0.15) is 46.0 Å². The fourth-order valence-electron chi connectivity index (χ4n) is 3.63. The van der Waals surface area contributed by atoms with E-state index in [4.69, 9.17) is 4.42 Å². The summed E-state index contributed by atoms with van der Waals surface area (Å²) in [5.41, 5.74) is -0.666. The molecule has 3 rings (SSSR count). The number of amides is 1. The van der Waals surface area contributed by atoms with E-state index in [1.165, 1.54) is 11.8 Å². The Bertz CT molecular complexity index is 831. The van der Waals surface area contributed by atoms with Crippen molar-refractivity contribution in [2.75, 3.05) is 12.8 Å². The molecule has 0 saturated heterocycles. The molecule has 1 fully saturated rings. The summed E-state index contributed by atoms with van der Waals surface area (Å²) in [6, 6.07) is 6.08. The first-order valence-corrected chi connectivity index (χ1v) is 10.7. The van der Waals surface area contributed by atoms with Gasteiger partial charge in [-0.05, 0) is 30.9 Å². The maximum atomic E-state index is 12.8. The summed E-state index contributed by atoms with van der Waals surface area (Å²) in [5, 5.41) is 19.0. The Labute approximate surface area is 170 Å². The first kappa shape index (κ1) is 20.5. The van der Waals surface area contributed by atoms with Gasteiger partial charge in [0.2, 0.25) is 5.91 Å². The quantitative estimate of drug-likeness (QED) is 0.652. The third-order valence-electron chi connectivity index (χ3n) is 5.24. The molecule has 28 heavy (non-hydrogen) atoms. The van der Waals surface area contributed by atoms with Gasteiger partial charge in [0.1, 0.15) is 5.54 Å². The monoisotopic (exact) mass is 401 g/mol. The molecular weight excluding hydrogens is 374 g/mol. The topological polar surface area (TPSA) is 88.0 Å². The Hall–Kier alpha value is -2.27. The summed E-state index contributed by atoms with van der Waals surface area (Å²) in [6.45, 7) is 4.98. The van der Waals surface area contributed by atoms with Crippen LogP contribution in [0, 0.1) is 17.2 Å². The Balaban J connectivity index is 1.73. The standard InChI is InChI=1S/C20H27N5O2S/c1-15(2)12-25-18(16-8-7-11-27-16)22-23-19(25)28-13-17(26)24(3)20(14-21)9-5-4-6-10-20/h7-8,11,15H,4-6,9-10,12-13H2,1-3H3. The summed E-state index contributed by atoms with van der Waals surface area (Å²) in [7, 11) is 1.75. The van der Waals surface area contributed by atoms with Crippen LogP contribution >= 0.6 is 11.8 Å². The molecule has 0 unspecified atom stereocenters. The molecule has 7 nitrogen and oxygen atoms in total. The number of nitriles is 1. The number of hydrogen-bond donors (Lipinski definition) is 0. The van der Waals surface area contributed by atoms with Gasteiger partial charge in [0, 0.05) is 13.6 Å². The molecule has 1 aliphatic rings. The zero-order chi connectivity index (χ0) is 20.1. The molecule has 1 amide bonds. The summed E-state index contributed by atoms with van der Waals surface area (Å²) in [6.07, 6.45) is 6.24. The van der Waals surface area contributed by atoms with Gasteiger partial charge in [0.15, 0.2) is 16.7 Å². The van der Waals surface area contributed by atoms with Gasteiger partial charge in [-0.15, -0.1) is 10.2 Å². The number of thioether (sulfide) groups is 1. The second-order valence-electron chi connectivity index (χ2n) is 7.73. The molecule has 0 atom stereocenters. The van der Waals surface area contributed by atoms with Crippen LogP contribution in [0.5, 0.6) is 0 Å². The van der Waals surface area contributed by atoms with E-state index in [1.54, 1.807) is 18.2 Å². The lowest BCUT2D eigenvalue weighted by molar-refractivity contribution is -0.131. The minimum absolute atomic E-state index is 0.0490. The molecule has 0 spiro atoms. The highest BCUT2D eigenvalue weighted by Crippen LogP contribution is 2.33. The number of carbonyl (C=O) groups is 1. The first-order chi connectivity index (χ1) is 13.5. The predicted octanol–water partition coefficient (Wildman–Crippen LogP) is 3.97. The van der Waals surface area contributed by atoms with Gasteiger partial charge in [0.05, 0.1) is 18.1 Å². The minimum Gasteiger partial charge on any atom is -0.461 e. The predicted molar refractivity (Wildman–Crippen MR) is 107 cm³/mol. The fraction of sp³-hybridized carbons (Fsp3) is 0.600. The van der Waals surface area contributed by atoms with Crippen LogP contribution in [0.4, 0.5) is 0 Å². The van der Waals surface area contributed by atoms with Crippen molar-refractivity contribution in [2.45, 2.75) is 63.2 Å². The zero-order valence-corrected chi connectivity index (χ0v) is 17.5. The average molecular weight is 402 g/mol. The van der Waals surface area contributed by atoms with Gasteiger partial charge in [-0.1, -0.05) is 44.9 Å². The van der Waals surface area contributed by atoms with E-state index in [0.29, 0.717) is 22.7 Å². The Morgan fingerprint density at radius 1 is 1.39 bits per heavy atom. The van der Waals surface area contributed by atoms with E-state index in [9.17, 15) is 10.1 Å². The first-order valence-electron chi connectivity index (χ1n) is 9.74. The second-order valence-corrected chi connectivity index (χ2v) is 8.68. The van der Waals surface area contributed by atoms with E-state index in [0.717, 1.165) is 38.6 Å². The van der Waals surface area contributed by atoms with Crippen LogP contribution in [0.25, 0.3) is 11.6 Å². The summed E-state index contributed by atoms with van der Waals surface area (Å²) in [5.74, 6) is 1.91. The summed E-state index contributed by atoms with van der Waals surface area (Å²) < 4.78 is 7.48. The second kappa shape index (κ2) is 8.82. The molecule has 8 heteroatoms. The fourth-order valence-corrected chi connectivity index (χ4v) is 4.50. The molecule has 2 heterocycles. The van der Waals surface area contributed by atoms with Gasteiger partial charge >= 0.3 is 0 Å². The molecule has 2 aromatic rings. The maximum Gasteiger partial charge on any atom is 0.234 e. The van der Waals surface area contributed by atoms with Gasteiger partial charge < -0.3 is 9.32 Å². The van der Waals surface area contributed by atoms with Crippen LogP contribution < -0.4 is 0 Å². The van der Waals surface area contributed by atoms with Crippen LogP contribution in [-0.2, 0) is 11.3 Å². The highest BCUT2D eigenvalue weighted by molar-refractivity contribution is 7.99. The largest absolute Gasteiger partial charge is 0.461 e. The molecule has 1 saturated carbocycles.